The van der Waals surface area contributed by atoms with Crippen LogP contribution in [0.4, 0.5) is 0 Å². The van der Waals surface area contributed by atoms with Crippen LogP contribution < -0.4 is 11.1 Å². The molecule has 0 saturated heterocycles. The van der Waals surface area contributed by atoms with E-state index >= 15 is 0 Å². The lowest BCUT2D eigenvalue weighted by Gasteiger charge is -2.08. The van der Waals surface area contributed by atoms with E-state index in [1.807, 2.05) is 25.6 Å². The molecule has 1 heterocycles. The highest BCUT2D eigenvalue weighted by molar-refractivity contribution is 14.0. The maximum absolute atomic E-state index is 5.74. The number of hydrogen-bond donors (Lipinski definition) is 2. The third-order valence-corrected chi connectivity index (χ3v) is 2.96. The first-order chi connectivity index (χ1) is 8.41. The molecule has 0 aliphatic carbocycles. The van der Waals surface area contributed by atoms with Gasteiger partial charge in [0.2, 0.25) is 0 Å². The van der Waals surface area contributed by atoms with Crippen molar-refractivity contribution in [1.82, 2.24) is 15.1 Å². The summed E-state index contributed by atoms with van der Waals surface area (Å²) in [5.41, 5.74) is 9.43. The van der Waals surface area contributed by atoms with Crippen LogP contribution in [0.3, 0.4) is 0 Å². The smallest absolute Gasteiger partial charge is 0.188 e. The fraction of sp³-hybridized carbons (Fsp3) is 0.692. The van der Waals surface area contributed by atoms with Gasteiger partial charge in [0.15, 0.2) is 5.96 Å². The van der Waals surface area contributed by atoms with Gasteiger partial charge in [-0.1, -0.05) is 0 Å². The average Bonchev–Trinajstić information content (AvgIpc) is 2.49. The van der Waals surface area contributed by atoms with Crippen LogP contribution in [-0.2, 0) is 13.5 Å². The molecule has 0 saturated carbocycles. The predicted molar refractivity (Wildman–Crippen MR) is 91.2 cm³/mol. The number of aromatic nitrogens is 2. The minimum absolute atomic E-state index is 0. The van der Waals surface area contributed by atoms with E-state index in [9.17, 15) is 0 Å². The molecule has 0 aliphatic heterocycles. The molecule has 0 atom stereocenters. The summed E-state index contributed by atoms with van der Waals surface area (Å²) in [6.45, 7) is 9.00. The molecule has 0 unspecified atom stereocenters. The molecule has 1 aromatic rings. The fourth-order valence-corrected chi connectivity index (χ4v) is 1.98. The Balaban J connectivity index is 0.00000324. The number of nitrogens with zero attached hydrogens (tertiary/aromatic N) is 3. The van der Waals surface area contributed by atoms with Crippen molar-refractivity contribution in [3.63, 3.8) is 0 Å². The highest BCUT2D eigenvalue weighted by Crippen LogP contribution is 2.13. The summed E-state index contributed by atoms with van der Waals surface area (Å²) in [5, 5.41) is 7.49. The summed E-state index contributed by atoms with van der Waals surface area (Å²) in [7, 11) is 1.98. The Kier molecular flexibility index (Phi) is 8.05. The molecule has 19 heavy (non-hydrogen) atoms. The van der Waals surface area contributed by atoms with Gasteiger partial charge in [-0.05, 0) is 46.1 Å². The van der Waals surface area contributed by atoms with E-state index in [0.29, 0.717) is 12.0 Å². The van der Waals surface area contributed by atoms with Crippen LogP contribution in [0.25, 0.3) is 0 Å². The van der Waals surface area contributed by atoms with Crippen molar-refractivity contribution < 1.29 is 0 Å². The largest absolute Gasteiger partial charge is 0.370 e. The molecule has 0 fully saturated rings. The number of aliphatic imine (C=N–C) groups is 1. The Bertz CT molecular complexity index is 423. The minimum Gasteiger partial charge on any atom is -0.370 e. The number of nitrogens with one attached hydrogen (secondary N) is 1. The molecule has 0 radical (unpaired) electrons. The summed E-state index contributed by atoms with van der Waals surface area (Å²) >= 11 is 0. The highest BCUT2D eigenvalue weighted by atomic mass is 127. The van der Waals surface area contributed by atoms with Crippen LogP contribution in [0.5, 0.6) is 0 Å². The second-order valence-electron chi connectivity index (χ2n) is 4.94. The van der Waals surface area contributed by atoms with Gasteiger partial charge >= 0.3 is 0 Å². The second kappa shape index (κ2) is 8.39. The van der Waals surface area contributed by atoms with E-state index in [0.717, 1.165) is 25.1 Å². The fourth-order valence-electron chi connectivity index (χ4n) is 1.98. The van der Waals surface area contributed by atoms with Gasteiger partial charge in [0, 0.05) is 25.3 Å². The van der Waals surface area contributed by atoms with E-state index in [4.69, 9.17) is 5.73 Å². The summed E-state index contributed by atoms with van der Waals surface area (Å²) in [4.78, 5) is 4.30. The number of hydrogen-bond acceptors (Lipinski definition) is 2. The summed E-state index contributed by atoms with van der Waals surface area (Å²) < 4.78 is 1.93. The second-order valence-corrected chi connectivity index (χ2v) is 4.94. The van der Waals surface area contributed by atoms with Crippen molar-refractivity contribution in [3.05, 3.63) is 17.0 Å². The van der Waals surface area contributed by atoms with Gasteiger partial charge in [-0.3, -0.25) is 9.67 Å². The van der Waals surface area contributed by atoms with Crippen molar-refractivity contribution >= 4 is 29.9 Å². The average molecular weight is 379 g/mol. The van der Waals surface area contributed by atoms with Crippen molar-refractivity contribution in [3.8, 4) is 0 Å². The summed E-state index contributed by atoms with van der Waals surface area (Å²) in [5.74, 6) is 0.532. The Morgan fingerprint density at radius 3 is 2.53 bits per heavy atom. The van der Waals surface area contributed by atoms with Crippen LogP contribution in [0.15, 0.2) is 4.99 Å². The van der Waals surface area contributed by atoms with Gasteiger partial charge in [0.25, 0.3) is 0 Å². The van der Waals surface area contributed by atoms with Gasteiger partial charge in [-0.25, -0.2) is 0 Å². The quantitative estimate of drug-likeness (QED) is 0.355. The van der Waals surface area contributed by atoms with Crippen LogP contribution in [0, 0.1) is 13.8 Å². The van der Waals surface area contributed by atoms with Crippen LogP contribution in [0.2, 0.25) is 0 Å². The van der Waals surface area contributed by atoms with Gasteiger partial charge in [0.1, 0.15) is 0 Å². The third-order valence-electron chi connectivity index (χ3n) is 2.96. The molecule has 0 aromatic carbocycles. The molecule has 0 amide bonds. The molecule has 1 aromatic heterocycles. The highest BCUT2D eigenvalue weighted by Gasteiger charge is 2.08. The van der Waals surface area contributed by atoms with Crippen LogP contribution in [0.1, 0.15) is 37.2 Å². The van der Waals surface area contributed by atoms with Crippen molar-refractivity contribution in [1.29, 1.82) is 0 Å². The minimum atomic E-state index is 0. The van der Waals surface area contributed by atoms with Crippen molar-refractivity contribution in [2.75, 3.05) is 6.54 Å². The molecule has 1 rings (SSSR count). The van der Waals surface area contributed by atoms with Gasteiger partial charge < -0.3 is 11.1 Å². The van der Waals surface area contributed by atoms with Crippen LogP contribution >= 0.6 is 24.0 Å². The number of guanidine groups is 1. The molecular weight excluding hydrogens is 353 g/mol. The van der Waals surface area contributed by atoms with Crippen molar-refractivity contribution in [2.45, 2.75) is 46.6 Å². The van der Waals surface area contributed by atoms with Crippen LogP contribution in [-0.4, -0.2) is 28.3 Å². The zero-order valence-electron chi connectivity index (χ0n) is 12.5. The van der Waals surface area contributed by atoms with Gasteiger partial charge in [-0.2, -0.15) is 5.10 Å². The number of rotatable bonds is 5. The topological polar surface area (TPSA) is 68.2 Å². The lowest BCUT2D eigenvalue weighted by atomic mass is 10.1. The molecule has 0 spiro atoms. The molecule has 0 bridgehead atoms. The lowest BCUT2D eigenvalue weighted by Crippen LogP contribution is -2.36. The maximum atomic E-state index is 5.74. The van der Waals surface area contributed by atoms with E-state index in [2.05, 4.69) is 29.3 Å². The Labute approximate surface area is 133 Å². The molecule has 3 N–H and O–H groups in total. The Morgan fingerprint density at radius 2 is 2.05 bits per heavy atom. The van der Waals surface area contributed by atoms with E-state index < -0.39 is 0 Å². The Hall–Kier alpha value is -0.790. The summed E-state index contributed by atoms with van der Waals surface area (Å²) in [6, 6.07) is 0.330. The normalized spacial score (nSPS) is 11.6. The Morgan fingerprint density at radius 1 is 1.42 bits per heavy atom. The first kappa shape index (κ1) is 18.2. The first-order valence-corrected chi connectivity index (χ1v) is 6.47. The number of aryl methyl sites for hydroxylation is 2. The number of nitrogens with two attached hydrogens (primary N) is 1. The maximum Gasteiger partial charge on any atom is 0.188 e. The van der Waals surface area contributed by atoms with E-state index in [1.54, 1.807) is 0 Å². The predicted octanol–water partition coefficient (Wildman–Crippen LogP) is 1.90. The zero-order chi connectivity index (χ0) is 13.7. The van der Waals surface area contributed by atoms with Gasteiger partial charge in [-0.15, -0.1) is 24.0 Å². The molecule has 0 aliphatic rings. The third kappa shape index (κ3) is 5.80. The van der Waals surface area contributed by atoms with E-state index in [1.165, 1.54) is 11.3 Å². The zero-order valence-corrected chi connectivity index (χ0v) is 14.9. The molecule has 110 valence electrons. The summed E-state index contributed by atoms with van der Waals surface area (Å²) in [6.07, 6.45) is 2.00. The lowest BCUT2D eigenvalue weighted by molar-refractivity contribution is 0.718. The molecule has 6 heteroatoms. The monoisotopic (exact) mass is 379 g/mol. The van der Waals surface area contributed by atoms with Gasteiger partial charge in [0.05, 0.1) is 5.69 Å². The number of halogens is 1. The molecular formula is C13H26IN5. The van der Waals surface area contributed by atoms with Crippen molar-refractivity contribution in [2.24, 2.45) is 17.8 Å². The standard InChI is InChI=1S/C13H25N5.HI/c1-9(2)16-13(14)15-8-6-7-12-10(3)17-18(5)11(12)4;/h9H,6-8H2,1-5H3,(H3,14,15,16);1H. The molecule has 5 nitrogen and oxygen atoms in total. The SMILES string of the molecule is Cc1nn(C)c(C)c1CCCN=C(N)NC(C)C.I. The van der Waals surface area contributed by atoms with E-state index in [-0.39, 0.29) is 24.0 Å². The first-order valence-electron chi connectivity index (χ1n) is 6.47.